The summed E-state index contributed by atoms with van der Waals surface area (Å²) in [7, 11) is -1.31. The van der Waals surface area contributed by atoms with Gasteiger partial charge in [0.25, 0.3) is 5.70 Å². The normalized spacial score (nSPS) is 11.0. The van der Waals surface area contributed by atoms with Crippen molar-refractivity contribution in [3.63, 3.8) is 0 Å². The SMILES string of the molecule is C=C(c1ccn(-c2ccnc(S(C)=O)n2)c1/C=C\C)[N+](=O)[O-].CC.CC. The summed E-state index contributed by atoms with van der Waals surface area (Å²) < 4.78 is 13.2. The molecule has 0 aliphatic carbocycles. The van der Waals surface area contributed by atoms with Gasteiger partial charge in [0.2, 0.25) is 5.16 Å². The third-order valence-corrected chi connectivity index (χ3v) is 3.62. The van der Waals surface area contributed by atoms with Crippen LogP contribution in [0.25, 0.3) is 17.6 Å². The van der Waals surface area contributed by atoms with Crippen LogP contribution in [-0.4, -0.2) is 29.9 Å². The molecule has 0 N–H and O–H groups in total. The highest BCUT2D eigenvalue weighted by molar-refractivity contribution is 7.84. The first-order chi connectivity index (χ1) is 12.5. The Morgan fingerprint density at radius 2 is 1.92 bits per heavy atom. The zero-order valence-corrected chi connectivity index (χ0v) is 16.9. The molecule has 0 aromatic carbocycles. The van der Waals surface area contributed by atoms with Crippen LogP contribution in [-0.2, 0) is 10.8 Å². The number of nitro groups is 1. The van der Waals surface area contributed by atoms with Gasteiger partial charge in [0.1, 0.15) is 5.82 Å². The summed E-state index contributed by atoms with van der Waals surface area (Å²) in [4.78, 5) is 18.6. The Morgan fingerprint density at radius 1 is 1.31 bits per heavy atom. The minimum atomic E-state index is -1.31. The zero-order valence-electron chi connectivity index (χ0n) is 16.1. The highest BCUT2D eigenvalue weighted by Crippen LogP contribution is 2.24. The Balaban J connectivity index is 0.00000146. The zero-order chi connectivity index (χ0) is 20.3. The van der Waals surface area contributed by atoms with Gasteiger partial charge in [-0.15, -0.1) is 0 Å². The smallest absolute Gasteiger partial charge is 0.271 e. The van der Waals surface area contributed by atoms with Crippen molar-refractivity contribution in [3.05, 3.63) is 58.6 Å². The van der Waals surface area contributed by atoms with E-state index in [9.17, 15) is 14.3 Å². The number of aromatic nitrogens is 3. The number of hydrogen-bond donors (Lipinski definition) is 0. The third kappa shape index (κ3) is 5.73. The van der Waals surface area contributed by atoms with Crippen molar-refractivity contribution >= 4 is 22.6 Å². The predicted molar refractivity (Wildman–Crippen MR) is 107 cm³/mol. The average Bonchev–Trinajstić information content (AvgIpc) is 3.08. The summed E-state index contributed by atoms with van der Waals surface area (Å²) in [6, 6.07) is 3.24. The Hall–Kier alpha value is -2.61. The maximum atomic E-state index is 11.5. The first-order valence-corrected chi connectivity index (χ1v) is 9.86. The van der Waals surface area contributed by atoms with Crippen molar-refractivity contribution in [3.8, 4) is 5.82 Å². The molecule has 0 saturated heterocycles. The van der Waals surface area contributed by atoms with Gasteiger partial charge in [-0.05, 0) is 31.7 Å². The predicted octanol–water partition coefficient (Wildman–Crippen LogP) is 4.34. The first kappa shape index (κ1) is 23.4. The van der Waals surface area contributed by atoms with Crippen molar-refractivity contribution in [2.75, 3.05) is 6.26 Å². The summed E-state index contributed by atoms with van der Waals surface area (Å²) in [6.45, 7) is 13.3. The van der Waals surface area contributed by atoms with Gasteiger partial charge in [-0.2, -0.15) is 0 Å². The molecule has 0 radical (unpaired) electrons. The second-order valence-corrected chi connectivity index (χ2v) is 5.61. The number of nitrogens with zero attached hydrogens (tertiary/aromatic N) is 4. The molecular formula is C18H26N4O3S. The van der Waals surface area contributed by atoms with Gasteiger partial charge in [0.15, 0.2) is 0 Å². The van der Waals surface area contributed by atoms with Crippen molar-refractivity contribution in [2.45, 2.75) is 39.8 Å². The topological polar surface area (TPSA) is 90.9 Å². The van der Waals surface area contributed by atoms with Gasteiger partial charge in [-0.3, -0.25) is 14.3 Å². The molecule has 0 fully saturated rings. The molecule has 2 rings (SSSR count). The van der Waals surface area contributed by atoms with Crippen LogP contribution >= 0.6 is 0 Å². The molecule has 2 aromatic rings. The lowest BCUT2D eigenvalue weighted by molar-refractivity contribution is -0.375. The van der Waals surface area contributed by atoms with Crippen LogP contribution < -0.4 is 0 Å². The summed E-state index contributed by atoms with van der Waals surface area (Å²) in [5.74, 6) is 0.482. The maximum absolute atomic E-state index is 11.5. The summed E-state index contributed by atoms with van der Waals surface area (Å²) in [5.41, 5.74) is 0.789. The summed E-state index contributed by atoms with van der Waals surface area (Å²) in [6.07, 6.45) is 8.14. The van der Waals surface area contributed by atoms with E-state index in [2.05, 4.69) is 16.5 Å². The van der Waals surface area contributed by atoms with E-state index >= 15 is 0 Å². The van der Waals surface area contributed by atoms with Crippen LogP contribution in [0.4, 0.5) is 0 Å². The fourth-order valence-electron chi connectivity index (χ4n) is 1.92. The standard InChI is InChI=1S/C14H14N4O3S.2C2H6/c1-4-5-12-11(10(2)18(19)20)7-9-17(12)13-6-8-15-14(16-13)22(3)21;2*1-2/h4-9H,2H2,1,3H3;2*1-2H3/b5-4-;;. The second kappa shape index (κ2) is 11.9. The van der Waals surface area contributed by atoms with Gasteiger partial charge in [-0.25, -0.2) is 9.97 Å². The van der Waals surface area contributed by atoms with Crippen LogP contribution in [0.2, 0.25) is 0 Å². The Kier molecular flexibility index (Phi) is 10.7. The van der Waals surface area contributed by atoms with Crippen molar-refractivity contribution < 1.29 is 9.13 Å². The molecule has 2 aromatic heterocycles. The Bertz CT molecular complexity index is 797. The molecule has 2 heterocycles. The number of allylic oxidation sites excluding steroid dienone is 1. The molecule has 0 aliphatic heterocycles. The van der Waals surface area contributed by atoms with Crippen LogP contribution in [0.1, 0.15) is 45.9 Å². The molecule has 0 bridgehead atoms. The molecular weight excluding hydrogens is 352 g/mol. The molecule has 142 valence electrons. The highest BCUT2D eigenvalue weighted by atomic mass is 32.2. The van der Waals surface area contributed by atoms with E-state index in [1.165, 1.54) is 12.5 Å². The molecule has 0 saturated carbocycles. The van der Waals surface area contributed by atoms with Gasteiger partial charge in [-0.1, -0.05) is 33.8 Å². The number of hydrogen-bond acceptors (Lipinski definition) is 5. The molecule has 8 heteroatoms. The number of rotatable bonds is 5. The lowest BCUT2D eigenvalue weighted by Crippen LogP contribution is -2.05. The van der Waals surface area contributed by atoms with Gasteiger partial charge in [0, 0.05) is 18.6 Å². The third-order valence-electron chi connectivity index (χ3n) is 2.90. The lowest BCUT2D eigenvalue weighted by atomic mass is 10.2. The van der Waals surface area contributed by atoms with Crippen LogP contribution in [0, 0.1) is 10.1 Å². The van der Waals surface area contributed by atoms with Gasteiger partial charge in [0.05, 0.1) is 27.0 Å². The monoisotopic (exact) mass is 378 g/mol. The van der Waals surface area contributed by atoms with Crippen molar-refractivity contribution in [1.29, 1.82) is 0 Å². The molecule has 0 spiro atoms. The fourth-order valence-corrected chi connectivity index (χ4v) is 2.35. The fraction of sp³-hybridized carbons (Fsp3) is 0.333. The van der Waals surface area contributed by atoms with Crippen LogP contribution in [0.5, 0.6) is 0 Å². The van der Waals surface area contributed by atoms with E-state index in [-0.39, 0.29) is 10.9 Å². The van der Waals surface area contributed by atoms with E-state index in [0.29, 0.717) is 17.1 Å². The van der Waals surface area contributed by atoms with Crippen LogP contribution in [0.15, 0.2) is 42.3 Å². The van der Waals surface area contributed by atoms with E-state index in [4.69, 9.17) is 0 Å². The van der Waals surface area contributed by atoms with Gasteiger partial charge < -0.3 is 4.57 Å². The van der Waals surface area contributed by atoms with Crippen LogP contribution in [0.3, 0.4) is 0 Å². The lowest BCUT2D eigenvalue weighted by Gasteiger charge is -2.07. The molecule has 26 heavy (non-hydrogen) atoms. The molecule has 0 amide bonds. The average molecular weight is 378 g/mol. The molecule has 1 unspecified atom stereocenters. The maximum Gasteiger partial charge on any atom is 0.271 e. The molecule has 0 aliphatic rings. The van der Waals surface area contributed by atoms with Gasteiger partial charge >= 0.3 is 0 Å². The Morgan fingerprint density at radius 3 is 2.42 bits per heavy atom. The minimum absolute atomic E-state index is 0.194. The van der Waals surface area contributed by atoms with E-state index in [0.717, 1.165) is 0 Å². The van der Waals surface area contributed by atoms with E-state index < -0.39 is 15.7 Å². The van der Waals surface area contributed by atoms with E-state index in [1.807, 2.05) is 34.6 Å². The molecule has 1 atom stereocenters. The molecule has 7 nitrogen and oxygen atoms in total. The quantitative estimate of drug-likeness (QED) is 0.438. The summed E-state index contributed by atoms with van der Waals surface area (Å²) in [5, 5.41) is 11.2. The van der Waals surface area contributed by atoms with Crippen molar-refractivity contribution in [2.24, 2.45) is 0 Å². The van der Waals surface area contributed by atoms with E-state index in [1.54, 1.807) is 35.0 Å². The second-order valence-electron chi connectivity index (χ2n) is 4.34. The first-order valence-electron chi connectivity index (χ1n) is 8.30. The minimum Gasteiger partial charge on any atom is -0.301 e. The van der Waals surface area contributed by atoms with Crippen molar-refractivity contribution in [1.82, 2.24) is 14.5 Å². The Labute approximate surface area is 157 Å². The largest absolute Gasteiger partial charge is 0.301 e. The highest BCUT2D eigenvalue weighted by Gasteiger charge is 2.19. The summed E-state index contributed by atoms with van der Waals surface area (Å²) >= 11 is 0.